The van der Waals surface area contributed by atoms with Crippen molar-refractivity contribution in [1.82, 2.24) is 0 Å². The Morgan fingerprint density at radius 1 is 1.73 bits per heavy atom. The number of carbonyl (C=O) groups is 1. The average molecular weight is 218 g/mol. The van der Waals surface area contributed by atoms with Crippen LogP contribution in [-0.4, -0.2) is 47.6 Å². The second kappa shape index (κ2) is 4.44. The third-order valence-corrected chi connectivity index (χ3v) is 3.14. The van der Waals surface area contributed by atoms with Gasteiger partial charge in [-0.3, -0.25) is 4.79 Å². The highest BCUT2D eigenvalue weighted by atomic mass is 16.5. The molecule has 1 aliphatic heterocycles. The number of aliphatic carboxylic acids is 1. The van der Waals surface area contributed by atoms with Crippen LogP contribution >= 0.6 is 0 Å². The number of aliphatic hydroxyl groups excluding tert-OH is 1. The fourth-order valence-electron chi connectivity index (χ4n) is 1.75. The molecule has 1 saturated heterocycles. The molecule has 0 aliphatic carbocycles. The van der Waals surface area contributed by atoms with Crippen LogP contribution in [0.5, 0.6) is 0 Å². The normalized spacial score (nSPS) is 38.7. The van der Waals surface area contributed by atoms with Gasteiger partial charge >= 0.3 is 5.97 Å². The first-order valence-electron chi connectivity index (χ1n) is 4.89. The highest BCUT2D eigenvalue weighted by Crippen LogP contribution is 2.32. The van der Waals surface area contributed by atoms with Gasteiger partial charge in [-0.2, -0.15) is 0 Å². The van der Waals surface area contributed by atoms with Crippen LogP contribution in [0.15, 0.2) is 0 Å². The van der Waals surface area contributed by atoms with Crippen LogP contribution in [0.25, 0.3) is 0 Å². The first-order chi connectivity index (χ1) is 6.92. The number of hydrogen-bond donors (Lipinski definition) is 4. The summed E-state index contributed by atoms with van der Waals surface area (Å²) in [6.45, 7) is 2.08. The molecule has 6 N–H and O–H groups in total. The van der Waals surface area contributed by atoms with Gasteiger partial charge in [0, 0.05) is 18.1 Å². The summed E-state index contributed by atoms with van der Waals surface area (Å²) in [4.78, 5) is 10.7. The molecule has 6 heteroatoms. The van der Waals surface area contributed by atoms with Crippen LogP contribution in [0, 0.1) is 5.41 Å². The van der Waals surface area contributed by atoms with E-state index in [4.69, 9.17) is 21.3 Å². The Morgan fingerprint density at radius 3 is 2.80 bits per heavy atom. The van der Waals surface area contributed by atoms with Crippen molar-refractivity contribution in [3.8, 4) is 0 Å². The highest BCUT2D eigenvalue weighted by Gasteiger charge is 2.44. The molecule has 6 nitrogen and oxygen atoms in total. The van der Waals surface area contributed by atoms with Crippen LogP contribution in [0.2, 0.25) is 0 Å². The Balaban J connectivity index is 2.79. The summed E-state index contributed by atoms with van der Waals surface area (Å²) in [6, 6.07) is -1.71. The van der Waals surface area contributed by atoms with Gasteiger partial charge in [-0.1, -0.05) is 6.92 Å². The standard InChI is InChI=1S/C9H18N2O4/c1-9(4-12)2-3-15-6(7(9)11)5(10)8(13)14/h5-7,12H,2-4,10-11H2,1H3,(H,13,14). The molecule has 0 amide bonds. The third-order valence-electron chi connectivity index (χ3n) is 3.14. The summed E-state index contributed by atoms with van der Waals surface area (Å²) >= 11 is 0. The maximum Gasteiger partial charge on any atom is 0.323 e. The molecule has 0 aromatic carbocycles. The van der Waals surface area contributed by atoms with Gasteiger partial charge in [0.15, 0.2) is 0 Å². The van der Waals surface area contributed by atoms with Gasteiger partial charge in [0.1, 0.15) is 6.04 Å². The van der Waals surface area contributed by atoms with Crippen molar-refractivity contribution in [3.05, 3.63) is 0 Å². The van der Waals surface area contributed by atoms with Gasteiger partial charge in [-0.05, 0) is 6.42 Å². The number of ether oxygens (including phenoxy) is 1. The maximum absolute atomic E-state index is 10.7. The summed E-state index contributed by atoms with van der Waals surface area (Å²) in [7, 11) is 0. The van der Waals surface area contributed by atoms with E-state index in [1.54, 1.807) is 0 Å². The van der Waals surface area contributed by atoms with Crippen LogP contribution in [0.4, 0.5) is 0 Å². The lowest BCUT2D eigenvalue weighted by Crippen LogP contribution is -2.62. The minimum absolute atomic E-state index is 0.0969. The number of nitrogens with two attached hydrogens (primary N) is 2. The molecule has 4 unspecified atom stereocenters. The molecule has 0 aromatic heterocycles. The molecular weight excluding hydrogens is 200 g/mol. The Hall–Kier alpha value is -0.690. The van der Waals surface area contributed by atoms with Crippen LogP contribution in [0.1, 0.15) is 13.3 Å². The van der Waals surface area contributed by atoms with Crippen LogP contribution in [0.3, 0.4) is 0 Å². The fraction of sp³-hybridized carbons (Fsp3) is 0.889. The molecule has 1 rings (SSSR count). The summed E-state index contributed by atoms with van der Waals surface area (Å²) in [5, 5.41) is 18.0. The largest absolute Gasteiger partial charge is 0.480 e. The lowest BCUT2D eigenvalue weighted by molar-refractivity contribution is -0.148. The summed E-state index contributed by atoms with van der Waals surface area (Å²) in [6.07, 6.45) is -0.138. The molecule has 1 aliphatic rings. The van der Waals surface area contributed by atoms with E-state index < -0.39 is 29.6 Å². The minimum Gasteiger partial charge on any atom is -0.480 e. The number of carboxylic acid groups (broad SMARTS) is 1. The van der Waals surface area contributed by atoms with Crippen molar-refractivity contribution in [2.75, 3.05) is 13.2 Å². The van der Waals surface area contributed by atoms with E-state index in [1.807, 2.05) is 6.92 Å². The van der Waals surface area contributed by atoms with Gasteiger partial charge < -0.3 is 26.4 Å². The van der Waals surface area contributed by atoms with Gasteiger partial charge in [0.05, 0.1) is 12.7 Å². The molecular formula is C9H18N2O4. The van der Waals surface area contributed by atoms with Gasteiger partial charge in [-0.15, -0.1) is 0 Å². The van der Waals surface area contributed by atoms with E-state index >= 15 is 0 Å². The van der Waals surface area contributed by atoms with E-state index in [1.165, 1.54) is 0 Å². The first-order valence-corrected chi connectivity index (χ1v) is 4.89. The van der Waals surface area contributed by atoms with Crippen molar-refractivity contribution in [1.29, 1.82) is 0 Å². The Morgan fingerprint density at radius 2 is 2.33 bits per heavy atom. The smallest absolute Gasteiger partial charge is 0.323 e. The molecule has 0 radical (unpaired) electrons. The molecule has 0 saturated carbocycles. The number of hydrogen-bond acceptors (Lipinski definition) is 5. The average Bonchev–Trinajstić information content (AvgIpc) is 2.21. The van der Waals surface area contributed by atoms with Gasteiger partial charge in [-0.25, -0.2) is 0 Å². The fourth-order valence-corrected chi connectivity index (χ4v) is 1.75. The Bertz CT molecular complexity index is 248. The van der Waals surface area contributed by atoms with Crippen LogP contribution < -0.4 is 11.5 Å². The zero-order chi connectivity index (χ0) is 11.6. The summed E-state index contributed by atoms with van der Waals surface area (Å²) in [5.74, 6) is -1.14. The summed E-state index contributed by atoms with van der Waals surface area (Å²) < 4.78 is 5.27. The van der Waals surface area contributed by atoms with E-state index in [0.29, 0.717) is 13.0 Å². The number of carboxylic acids is 1. The zero-order valence-corrected chi connectivity index (χ0v) is 8.72. The lowest BCUT2D eigenvalue weighted by Gasteiger charge is -2.43. The molecule has 1 fully saturated rings. The predicted molar refractivity (Wildman–Crippen MR) is 53.1 cm³/mol. The Kier molecular flexibility index (Phi) is 3.67. The molecule has 0 bridgehead atoms. The van der Waals surface area contributed by atoms with E-state index in [-0.39, 0.29) is 6.61 Å². The monoisotopic (exact) mass is 218 g/mol. The molecule has 4 atom stereocenters. The van der Waals surface area contributed by atoms with Crippen molar-refractivity contribution in [2.24, 2.45) is 16.9 Å². The van der Waals surface area contributed by atoms with E-state index in [2.05, 4.69) is 0 Å². The maximum atomic E-state index is 10.7. The van der Waals surface area contributed by atoms with Gasteiger partial charge in [0.2, 0.25) is 0 Å². The van der Waals surface area contributed by atoms with Crippen LogP contribution in [-0.2, 0) is 9.53 Å². The molecule has 1 heterocycles. The van der Waals surface area contributed by atoms with E-state index in [0.717, 1.165) is 0 Å². The third kappa shape index (κ3) is 2.28. The number of aliphatic hydroxyl groups is 1. The van der Waals surface area contributed by atoms with Crippen molar-refractivity contribution < 1.29 is 19.7 Å². The topological polar surface area (TPSA) is 119 Å². The second-order valence-electron chi connectivity index (χ2n) is 4.29. The number of rotatable bonds is 3. The van der Waals surface area contributed by atoms with Gasteiger partial charge in [0.25, 0.3) is 0 Å². The minimum atomic E-state index is -1.15. The first kappa shape index (κ1) is 12.4. The lowest BCUT2D eigenvalue weighted by atomic mass is 9.75. The second-order valence-corrected chi connectivity index (χ2v) is 4.29. The van der Waals surface area contributed by atoms with Crippen molar-refractivity contribution in [2.45, 2.75) is 31.5 Å². The van der Waals surface area contributed by atoms with E-state index in [9.17, 15) is 9.90 Å². The zero-order valence-electron chi connectivity index (χ0n) is 8.72. The Labute approximate surface area is 88.2 Å². The predicted octanol–water partition coefficient (Wildman–Crippen LogP) is -1.49. The molecule has 88 valence electrons. The highest BCUT2D eigenvalue weighted by molar-refractivity contribution is 5.74. The van der Waals surface area contributed by atoms with Crippen molar-refractivity contribution in [3.63, 3.8) is 0 Å². The summed E-state index contributed by atoms with van der Waals surface area (Å²) in [5.41, 5.74) is 10.8. The molecule has 15 heavy (non-hydrogen) atoms. The molecule has 0 spiro atoms. The SMILES string of the molecule is CC1(CO)CCOC(C(N)C(=O)O)C1N. The quantitative estimate of drug-likeness (QED) is 0.458. The van der Waals surface area contributed by atoms with Crippen molar-refractivity contribution >= 4 is 5.97 Å². The molecule has 0 aromatic rings.